The molecule has 0 radical (unpaired) electrons. The molecular formula is C17H23NO5. The van der Waals surface area contributed by atoms with Crippen molar-refractivity contribution in [1.82, 2.24) is 5.32 Å². The Morgan fingerprint density at radius 3 is 2.39 bits per heavy atom. The maximum absolute atomic E-state index is 12.3. The molecule has 1 fully saturated rings. The van der Waals surface area contributed by atoms with Gasteiger partial charge in [-0.1, -0.05) is 18.9 Å². The quantitative estimate of drug-likeness (QED) is 0.839. The Hall–Kier alpha value is -2.24. The number of carbonyl (C=O) groups excluding carboxylic acids is 1. The van der Waals surface area contributed by atoms with E-state index in [9.17, 15) is 14.7 Å². The maximum Gasteiger partial charge on any atom is 0.307 e. The number of hydrogen-bond acceptors (Lipinski definition) is 4. The van der Waals surface area contributed by atoms with Crippen LogP contribution in [0.2, 0.25) is 0 Å². The number of aliphatic carboxylic acids is 1. The molecule has 2 atom stereocenters. The topological polar surface area (TPSA) is 84.9 Å². The van der Waals surface area contributed by atoms with Crippen molar-refractivity contribution in [3.8, 4) is 11.5 Å². The smallest absolute Gasteiger partial charge is 0.307 e. The van der Waals surface area contributed by atoms with Gasteiger partial charge in [-0.25, -0.2) is 0 Å². The first-order valence-electron chi connectivity index (χ1n) is 7.78. The summed E-state index contributed by atoms with van der Waals surface area (Å²) < 4.78 is 10.4. The molecule has 6 nitrogen and oxygen atoms in total. The number of hydrogen-bond donors (Lipinski definition) is 2. The first kappa shape index (κ1) is 17.1. The average Bonchev–Trinajstić information content (AvgIpc) is 2.59. The average molecular weight is 321 g/mol. The number of benzene rings is 1. The summed E-state index contributed by atoms with van der Waals surface area (Å²) in [5.74, 6) is -0.862. The van der Waals surface area contributed by atoms with Gasteiger partial charge in [0.05, 0.1) is 26.1 Å². The van der Waals surface area contributed by atoms with Crippen LogP contribution in [0.4, 0.5) is 0 Å². The third-order valence-electron chi connectivity index (χ3n) is 4.33. The number of ether oxygens (including phenoxy) is 2. The van der Waals surface area contributed by atoms with E-state index in [4.69, 9.17) is 9.47 Å². The van der Waals surface area contributed by atoms with Crippen LogP contribution in [-0.2, 0) is 16.1 Å². The van der Waals surface area contributed by atoms with Crippen molar-refractivity contribution in [3.05, 3.63) is 23.8 Å². The molecule has 2 rings (SSSR count). The van der Waals surface area contributed by atoms with Crippen LogP contribution in [0.3, 0.4) is 0 Å². The summed E-state index contributed by atoms with van der Waals surface area (Å²) in [5.41, 5.74) is 0.874. The lowest BCUT2D eigenvalue weighted by Gasteiger charge is -2.27. The highest BCUT2D eigenvalue weighted by atomic mass is 16.5. The number of rotatable bonds is 6. The molecular weight excluding hydrogens is 298 g/mol. The molecule has 1 aliphatic rings. The summed E-state index contributed by atoms with van der Waals surface area (Å²) in [5, 5.41) is 12.1. The van der Waals surface area contributed by atoms with Gasteiger partial charge in [0.25, 0.3) is 0 Å². The summed E-state index contributed by atoms with van der Waals surface area (Å²) in [7, 11) is 3.12. The van der Waals surface area contributed by atoms with Crippen LogP contribution < -0.4 is 14.8 Å². The molecule has 1 aromatic rings. The van der Waals surface area contributed by atoms with Gasteiger partial charge in [-0.3, -0.25) is 9.59 Å². The van der Waals surface area contributed by atoms with Crippen LogP contribution in [0, 0.1) is 11.8 Å². The minimum absolute atomic E-state index is 0.188. The van der Waals surface area contributed by atoms with E-state index in [1.807, 2.05) is 6.07 Å². The largest absolute Gasteiger partial charge is 0.493 e. The molecule has 1 aromatic carbocycles. The first-order chi connectivity index (χ1) is 11.1. The standard InChI is InChI=1S/C17H23NO5/c1-22-14-8-7-11(9-15(14)23-2)10-18-16(19)12-5-3-4-6-13(12)17(20)21/h7-9,12-13H,3-6,10H2,1-2H3,(H,18,19)(H,20,21)/t12-,13-/m1/s1. The molecule has 2 N–H and O–H groups in total. The zero-order valence-electron chi connectivity index (χ0n) is 13.5. The lowest BCUT2D eigenvalue weighted by Crippen LogP contribution is -2.39. The van der Waals surface area contributed by atoms with Crippen molar-refractivity contribution < 1.29 is 24.2 Å². The van der Waals surface area contributed by atoms with Crippen molar-refractivity contribution in [2.24, 2.45) is 11.8 Å². The normalized spacial score (nSPS) is 20.6. The van der Waals surface area contributed by atoms with Crippen LogP contribution in [0.1, 0.15) is 31.2 Å². The van der Waals surface area contributed by atoms with Gasteiger partial charge in [0.1, 0.15) is 0 Å². The molecule has 0 bridgehead atoms. The summed E-state index contributed by atoms with van der Waals surface area (Å²) >= 11 is 0. The van der Waals surface area contributed by atoms with E-state index in [0.717, 1.165) is 18.4 Å². The molecule has 0 aromatic heterocycles. The molecule has 1 saturated carbocycles. The Kier molecular flexibility index (Phi) is 5.84. The number of carboxylic acids is 1. The number of carboxylic acid groups (broad SMARTS) is 1. The number of methoxy groups -OCH3 is 2. The predicted molar refractivity (Wildman–Crippen MR) is 84.5 cm³/mol. The molecule has 1 aliphatic carbocycles. The van der Waals surface area contributed by atoms with Gasteiger partial charge < -0.3 is 19.9 Å². The Morgan fingerprint density at radius 1 is 1.13 bits per heavy atom. The number of carbonyl (C=O) groups is 2. The third-order valence-corrected chi connectivity index (χ3v) is 4.33. The van der Waals surface area contributed by atoms with E-state index in [2.05, 4.69) is 5.32 Å². The number of nitrogens with one attached hydrogen (secondary N) is 1. The van der Waals surface area contributed by atoms with E-state index in [0.29, 0.717) is 30.9 Å². The van der Waals surface area contributed by atoms with Gasteiger partial charge in [0, 0.05) is 6.54 Å². The van der Waals surface area contributed by atoms with Crippen LogP contribution in [0.5, 0.6) is 11.5 Å². The van der Waals surface area contributed by atoms with Gasteiger partial charge in [0.15, 0.2) is 11.5 Å². The van der Waals surface area contributed by atoms with Crippen molar-refractivity contribution >= 4 is 11.9 Å². The molecule has 126 valence electrons. The van der Waals surface area contributed by atoms with Crippen molar-refractivity contribution in [3.63, 3.8) is 0 Å². The van der Waals surface area contributed by atoms with E-state index in [-0.39, 0.29) is 5.91 Å². The second-order valence-electron chi connectivity index (χ2n) is 5.74. The van der Waals surface area contributed by atoms with E-state index in [1.165, 1.54) is 0 Å². The van der Waals surface area contributed by atoms with E-state index >= 15 is 0 Å². The maximum atomic E-state index is 12.3. The molecule has 0 unspecified atom stereocenters. The summed E-state index contributed by atoms with van der Waals surface area (Å²) in [6, 6.07) is 5.42. The monoisotopic (exact) mass is 321 g/mol. The second kappa shape index (κ2) is 7.85. The number of amides is 1. The minimum Gasteiger partial charge on any atom is -0.493 e. The molecule has 0 saturated heterocycles. The lowest BCUT2D eigenvalue weighted by molar-refractivity contribution is -0.148. The van der Waals surface area contributed by atoms with E-state index in [1.54, 1.807) is 26.4 Å². The highest BCUT2D eigenvalue weighted by Crippen LogP contribution is 2.31. The fourth-order valence-corrected chi connectivity index (χ4v) is 3.05. The van der Waals surface area contributed by atoms with Crippen LogP contribution in [-0.4, -0.2) is 31.2 Å². The Labute approximate surface area is 135 Å². The Bertz CT molecular complexity index is 572. The minimum atomic E-state index is -0.879. The van der Waals surface area contributed by atoms with Gasteiger partial charge in [0.2, 0.25) is 5.91 Å². The van der Waals surface area contributed by atoms with Gasteiger partial charge in [-0.05, 0) is 30.5 Å². The molecule has 0 heterocycles. The summed E-state index contributed by atoms with van der Waals surface area (Å²) in [6.45, 7) is 0.335. The molecule has 0 aliphatic heterocycles. The zero-order chi connectivity index (χ0) is 16.8. The summed E-state index contributed by atoms with van der Waals surface area (Å²) in [6.07, 6.45) is 2.98. The van der Waals surface area contributed by atoms with Gasteiger partial charge in [-0.15, -0.1) is 0 Å². The lowest BCUT2D eigenvalue weighted by atomic mass is 9.78. The van der Waals surface area contributed by atoms with Crippen molar-refractivity contribution in [2.45, 2.75) is 32.2 Å². The molecule has 1 amide bonds. The fraction of sp³-hybridized carbons (Fsp3) is 0.529. The van der Waals surface area contributed by atoms with Crippen LogP contribution in [0.25, 0.3) is 0 Å². The van der Waals surface area contributed by atoms with Crippen molar-refractivity contribution in [1.29, 1.82) is 0 Å². The highest BCUT2D eigenvalue weighted by Gasteiger charge is 2.35. The first-order valence-corrected chi connectivity index (χ1v) is 7.78. The third kappa shape index (κ3) is 4.15. The Morgan fingerprint density at radius 2 is 1.78 bits per heavy atom. The molecule has 23 heavy (non-hydrogen) atoms. The highest BCUT2D eigenvalue weighted by molar-refractivity contribution is 5.84. The van der Waals surface area contributed by atoms with Gasteiger partial charge in [-0.2, -0.15) is 0 Å². The fourth-order valence-electron chi connectivity index (χ4n) is 3.05. The molecule has 0 spiro atoms. The van der Waals surface area contributed by atoms with Crippen LogP contribution >= 0.6 is 0 Å². The van der Waals surface area contributed by atoms with E-state index < -0.39 is 17.8 Å². The second-order valence-corrected chi connectivity index (χ2v) is 5.74. The van der Waals surface area contributed by atoms with Gasteiger partial charge >= 0.3 is 5.97 Å². The summed E-state index contributed by atoms with van der Waals surface area (Å²) in [4.78, 5) is 23.6. The zero-order valence-corrected chi connectivity index (χ0v) is 13.5. The predicted octanol–water partition coefficient (Wildman–Crippen LogP) is 2.21. The van der Waals surface area contributed by atoms with Crippen molar-refractivity contribution in [2.75, 3.05) is 14.2 Å². The van der Waals surface area contributed by atoms with Crippen LogP contribution in [0.15, 0.2) is 18.2 Å². The SMILES string of the molecule is COc1ccc(CNC(=O)[C@@H]2CCCC[C@H]2C(=O)O)cc1OC. The Balaban J connectivity index is 1.99. The molecule has 6 heteroatoms.